The third-order valence-corrected chi connectivity index (χ3v) is 6.96. The number of pyridine rings is 1. The molecule has 1 spiro atoms. The third-order valence-electron chi connectivity index (χ3n) is 6.96. The molecule has 0 bridgehead atoms. The van der Waals surface area contributed by atoms with Crippen LogP contribution in [-0.2, 0) is 16.2 Å². The van der Waals surface area contributed by atoms with Crippen molar-refractivity contribution in [2.45, 2.75) is 39.0 Å². The molecule has 10 heteroatoms. The highest BCUT2D eigenvalue weighted by Gasteiger charge is 2.58. The Bertz CT molecular complexity index is 1440. The van der Waals surface area contributed by atoms with Gasteiger partial charge < -0.3 is 20.3 Å². The molecule has 0 radical (unpaired) electrons. The molecule has 2 aromatic carbocycles. The monoisotopic (exact) mass is 515 g/mol. The number of carbonyl (C=O) groups is 4. The van der Waals surface area contributed by atoms with Crippen LogP contribution in [0.4, 0.5) is 4.79 Å². The van der Waals surface area contributed by atoms with E-state index in [0.717, 1.165) is 22.2 Å². The smallest absolute Gasteiger partial charge is 0.322 e. The molecule has 3 N–H and O–H groups in total. The topological polar surface area (TPSA) is 130 Å². The molecule has 2 fully saturated rings. The zero-order chi connectivity index (χ0) is 27.0. The first kappa shape index (κ1) is 25.2. The molecule has 5 rings (SSSR count). The third kappa shape index (κ3) is 4.65. The second-order valence-electron chi connectivity index (χ2n) is 10.0. The van der Waals surface area contributed by atoms with Gasteiger partial charge in [0, 0.05) is 34.7 Å². The van der Waals surface area contributed by atoms with Gasteiger partial charge in [0.2, 0.25) is 5.91 Å². The fourth-order valence-electron chi connectivity index (χ4n) is 5.04. The van der Waals surface area contributed by atoms with Crippen LogP contribution in [0.5, 0.6) is 5.75 Å². The molecular formula is C28H29N5O5. The lowest BCUT2D eigenvalue weighted by atomic mass is 9.93. The van der Waals surface area contributed by atoms with Crippen molar-refractivity contribution in [3.63, 3.8) is 0 Å². The van der Waals surface area contributed by atoms with Gasteiger partial charge in [-0.1, -0.05) is 32.0 Å². The van der Waals surface area contributed by atoms with Gasteiger partial charge in [0.1, 0.15) is 12.4 Å². The van der Waals surface area contributed by atoms with E-state index in [0.29, 0.717) is 17.9 Å². The first-order valence-electron chi connectivity index (χ1n) is 12.5. The van der Waals surface area contributed by atoms with Crippen molar-refractivity contribution in [2.75, 3.05) is 13.1 Å². The van der Waals surface area contributed by atoms with Gasteiger partial charge in [0.25, 0.3) is 11.8 Å². The predicted molar refractivity (Wildman–Crippen MR) is 139 cm³/mol. The van der Waals surface area contributed by atoms with Gasteiger partial charge in [-0.3, -0.25) is 24.7 Å². The lowest BCUT2D eigenvalue weighted by Gasteiger charge is -2.27. The van der Waals surface area contributed by atoms with E-state index in [-0.39, 0.29) is 24.9 Å². The van der Waals surface area contributed by atoms with Crippen LogP contribution in [-0.4, -0.2) is 58.3 Å². The number of rotatable bonds is 6. The van der Waals surface area contributed by atoms with E-state index in [9.17, 15) is 19.2 Å². The van der Waals surface area contributed by atoms with Crippen LogP contribution in [0.15, 0.2) is 54.6 Å². The van der Waals surface area contributed by atoms with E-state index in [2.05, 4.69) is 20.9 Å². The predicted octanol–water partition coefficient (Wildman–Crippen LogP) is 2.30. The molecule has 2 aliphatic heterocycles. The molecule has 196 valence electrons. The molecule has 10 nitrogen and oxygen atoms in total. The van der Waals surface area contributed by atoms with E-state index >= 15 is 0 Å². The number of urea groups is 1. The van der Waals surface area contributed by atoms with Gasteiger partial charge in [-0.25, -0.2) is 4.79 Å². The number of fused-ring (bicyclic) bond motifs is 1. The van der Waals surface area contributed by atoms with Crippen molar-refractivity contribution in [2.24, 2.45) is 5.92 Å². The lowest BCUT2D eigenvalue weighted by molar-refractivity contribution is -0.133. The standard InChI is InChI=1S/C28H29N5O5/c1-16(2)25(35)33-13-23(28(15-33)26(36)31-27(37)32-28)30-24(34)18-8-10-20(11-9-18)38-14-19-12-17(3)29-22-7-5-4-6-21(19)22/h4-12,16,23H,13-15H2,1-3H3,(H,30,34)(H2,31,32,36,37). The number of benzene rings is 2. The maximum atomic E-state index is 13.1. The number of para-hydroxylation sites is 1. The molecule has 2 saturated heterocycles. The Morgan fingerprint density at radius 3 is 2.58 bits per heavy atom. The van der Waals surface area contributed by atoms with Crippen molar-refractivity contribution in [1.82, 2.24) is 25.8 Å². The summed E-state index contributed by atoms with van der Waals surface area (Å²) in [6, 6.07) is 15.1. The number of aryl methyl sites for hydroxylation is 1. The van der Waals surface area contributed by atoms with Crippen molar-refractivity contribution < 1.29 is 23.9 Å². The number of amides is 5. The summed E-state index contributed by atoms with van der Waals surface area (Å²) in [6.45, 7) is 5.90. The Morgan fingerprint density at radius 1 is 1.16 bits per heavy atom. The van der Waals surface area contributed by atoms with Crippen LogP contribution in [0.25, 0.3) is 10.9 Å². The number of hydrogen-bond donors (Lipinski definition) is 3. The van der Waals surface area contributed by atoms with E-state index in [1.807, 2.05) is 37.3 Å². The van der Waals surface area contributed by atoms with Gasteiger partial charge >= 0.3 is 6.03 Å². The number of hydrogen-bond acceptors (Lipinski definition) is 6. The number of aromatic nitrogens is 1. The molecule has 3 aromatic rings. The average Bonchev–Trinajstić information content (AvgIpc) is 3.39. The molecule has 3 heterocycles. The fraction of sp³-hybridized carbons (Fsp3) is 0.321. The van der Waals surface area contributed by atoms with Crippen LogP contribution in [0.3, 0.4) is 0 Å². The minimum Gasteiger partial charge on any atom is -0.489 e. The Hall–Kier alpha value is -4.47. The van der Waals surface area contributed by atoms with Gasteiger partial charge in [0.05, 0.1) is 18.1 Å². The molecule has 0 aliphatic carbocycles. The summed E-state index contributed by atoms with van der Waals surface area (Å²) in [6.07, 6.45) is 0. The number of nitrogens with one attached hydrogen (secondary N) is 3. The lowest BCUT2D eigenvalue weighted by Crippen LogP contribution is -2.62. The Balaban J connectivity index is 1.28. The second kappa shape index (κ2) is 9.77. The molecule has 2 unspecified atom stereocenters. The highest BCUT2D eigenvalue weighted by atomic mass is 16.5. The van der Waals surface area contributed by atoms with E-state index < -0.39 is 29.4 Å². The minimum absolute atomic E-state index is 0.0114. The van der Waals surface area contributed by atoms with Gasteiger partial charge in [-0.15, -0.1) is 0 Å². The number of nitrogens with zero attached hydrogens (tertiary/aromatic N) is 2. The normalized spacial score (nSPS) is 20.6. The minimum atomic E-state index is -1.41. The van der Waals surface area contributed by atoms with Crippen LogP contribution in [0.1, 0.15) is 35.5 Å². The van der Waals surface area contributed by atoms with Crippen LogP contribution in [0.2, 0.25) is 0 Å². The SMILES string of the molecule is Cc1cc(COc2ccc(C(=O)NC3CN(C(=O)C(C)C)CC34NC(=O)NC4=O)cc2)c2ccccc2n1. The summed E-state index contributed by atoms with van der Waals surface area (Å²) >= 11 is 0. The number of carbonyl (C=O) groups excluding carboxylic acids is 4. The highest BCUT2D eigenvalue weighted by molar-refractivity contribution is 6.09. The van der Waals surface area contributed by atoms with Crippen molar-refractivity contribution in [3.05, 3.63) is 71.4 Å². The molecule has 1 aromatic heterocycles. The zero-order valence-corrected chi connectivity index (χ0v) is 21.4. The van der Waals surface area contributed by atoms with Crippen LogP contribution >= 0.6 is 0 Å². The summed E-state index contributed by atoms with van der Waals surface area (Å²) in [5.74, 6) is -0.843. The molecule has 5 amide bonds. The summed E-state index contributed by atoms with van der Waals surface area (Å²) < 4.78 is 5.98. The Kier molecular flexibility index (Phi) is 6.48. The van der Waals surface area contributed by atoms with Gasteiger partial charge in [-0.2, -0.15) is 0 Å². The number of imide groups is 1. The van der Waals surface area contributed by atoms with Crippen molar-refractivity contribution >= 4 is 34.7 Å². The Morgan fingerprint density at radius 2 is 1.89 bits per heavy atom. The Labute approximate surface area is 219 Å². The van der Waals surface area contributed by atoms with Crippen molar-refractivity contribution in [1.29, 1.82) is 0 Å². The molecule has 38 heavy (non-hydrogen) atoms. The molecule has 2 atom stereocenters. The maximum absolute atomic E-state index is 13.1. The highest BCUT2D eigenvalue weighted by Crippen LogP contribution is 2.27. The zero-order valence-electron chi connectivity index (χ0n) is 21.4. The van der Waals surface area contributed by atoms with E-state index in [1.165, 1.54) is 4.90 Å². The molecular weight excluding hydrogens is 486 g/mol. The van der Waals surface area contributed by atoms with E-state index in [1.54, 1.807) is 38.1 Å². The van der Waals surface area contributed by atoms with Gasteiger partial charge in [-0.05, 0) is 43.3 Å². The van der Waals surface area contributed by atoms with Gasteiger partial charge in [0.15, 0.2) is 5.54 Å². The van der Waals surface area contributed by atoms with Crippen molar-refractivity contribution in [3.8, 4) is 5.75 Å². The van der Waals surface area contributed by atoms with E-state index in [4.69, 9.17) is 4.74 Å². The summed E-state index contributed by atoms with van der Waals surface area (Å²) in [4.78, 5) is 56.4. The number of likely N-dealkylation sites (tertiary alicyclic amines) is 1. The average molecular weight is 516 g/mol. The van der Waals surface area contributed by atoms with Crippen LogP contribution in [0, 0.1) is 12.8 Å². The largest absolute Gasteiger partial charge is 0.489 e. The molecule has 2 aliphatic rings. The second-order valence-corrected chi connectivity index (χ2v) is 10.0. The summed E-state index contributed by atoms with van der Waals surface area (Å²) in [5.41, 5.74) is 1.77. The summed E-state index contributed by atoms with van der Waals surface area (Å²) in [7, 11) is 0. The fourth-order valence-corrected chi connectivity index (χ4v) is 5.04. The first-order valence-corrected chi connectivity index (χ1v) is 12.5. The quantitative estimate of drug-likeness (QED) is 0.432. The maximum Gasteiger partial charge on any atom is 0.322 e. The first-order chi connectivity index (χ1) is 18.2. The van der Waals surface area contributed by atoms with Crippen LogP contribution < -0.4 is 20.7 Å². The number of ether oxygens (including phenoxy) is 1. The molecule has 0 saturated carbocycles. The summed E-state index contributed by atoms with van der Waals surface area (Å²) in [5, 5.41) is 8.74.